The molecule has 40 heavy (non-hydrogen) atoms. The second kappa shape index (κ2) is 31.9. The topological polar surface area (TPSA) is 63.6 Å². The number of aliphatic carboxylic acids is 1. The fourth-order valence-electron chi connectivity index (χ4n) is 5.10. The van der Waals surface area contributed by atoms with Crippen LogP contribution in [0.2, 0.25) is 0 Å². The second-order valence-corrected chi connectivity index (χ2v) is 11.7. The molecule has 0 saturated carbocycles. The van der Waals surface area contributed by atoms with Gasteiger partial charge in [0.2, 0.25) is 0 Å². The number of ether oxygens (including phenoxy) is 1. The highest BCUT2D eigenvalue weighted by Gasteiger charge is 2.14. The van der Waals surface area contributed by atoms with Crippen molar-refractivity contribution >= 4 is 11.9 Å². The summed E-state index contributed by atoms with van der Waals surface area (Å²) in [7, 11) is 0. The van der Waals surface area contributed by atoms with Crippen LogP contribution in [0.25, 0.3) is 0 Å². The van der Waals surface area contributed by atoms with Gasteiger partial charge < -0.3 is 9.84 Å². The summed E-state index contributed by atoms with van der Waals surface area (Å²) in [6.45, 7) is 4.49. The molecule has 4 nitrogen and oxygen atoms in total. The van der Waals surface area contributed by atoms with E-state index in [0.29, 0.717) is 12.8 Å². The molecule has 0 bridgehead atoms. The van der Waals surface area contributed by atoms with Crippen LogP contribution in [0.1, 0.15) is 187 Å². The molecule has 0 saturated heterocycles. The minimum absolute atomic E-state index is 0.0442. The largest absolute Gasteiger partial charge is 0.481 e. The van der Waals surface area contributed by atoms with E-state index in [1.807, 2.05) is 0 Å². The van der Waals surface area contributed by atoms with Gasteiger partial charge in [-0.15, -0.1) is 0 Å². The lowest BCUT2D eigenvalue weighted by Gasteiger charge is -2.18. The highest BCUT2D eigenvalue weighted by atomic mass is 16.5. The molecule has 0 aromatic heterocycles. The Kier molecular flexibility index (Phi) is 30.7. The molecule has 0 aliphatic rings. The van der Waals surface area contributed by atoms with Crippen LogP contribution in [0.15, 0.2) is 24.3 Å². The Morgan fingerprint density at radius 1 is 0.550 bits per heavy atom. The maximum atomic E-state index is 12.5. The SMILES string of the molecule is CCCCC/C=C\C/C=C\CCCCCCCCCC(=O)OC(CCCCCCCCCC)CCCCC(=O)O. The van der Waals surface area contributed by atoms with Crippen molar-refractivity contribution in [1.29, 1.82) is 0 Å². The van der Waals surface area contributed by atoms with Crippen molar-refractivity contribution in [2.24, 2.45) is 0 Å². The Bertz CT molecular complexity index is 610. The van der Waals surface area contributed by atoms with E-state index in [2.05, 4.69) is 38.2 Å². The highest BCUT2D eigenvalue weighted by Crippen LogP contribution is 2.18. The lowest BCUT2D eigenvalue weighted by molar-refractivity contribution is -0.150. The van der Waals surface area contributed by atoms with Crippen LogP contribution in [0.4, 0.5) is 0 Å². The minimum Gasteiger partial charge on any atom is -0.481 e. The number of carboxylic acids is 1. The molecular weight excluding hydrogens is 496 g/mol. The Morgan fingerprint density at radius 3 is 1.55 bits per heavy atom. The number of rotatable bonds is 31. The quantitative estimate of drug-likeness (QED) is 0.0518. The maximum absolute atomic E-state index is 12.5. The molecule has 4 heteroatoms. The van der Waals surface area contributed by atoms with E-state index in [4.69, 9.17) is 9.84 Å². The lowest BCUT2D eigenvalue weighted by atomic mass is 10.0. The summed E-state index contributed by atoms with van der Waals surface area (Å²) in [5, 5.41) is 8.89. The van der Waals surface area contributed by atoms with Crippen LogP contribution in [-0.2, 0) is 14.3 Å². The first-order valence-corrected chi connectivity index (χ1v) is 17.3. The Morgan fingerprint density at radius 2 is 0.975 bits per heavy atom. The molecule has 0 rings (SSSR count). The van der Waals surface area contributed by atoms with Gasteiger partial charge in [-0.2, -0.15) is 0 Å². The monoisotopic (exact) mass is 562 g/mol. The fraction of sp³-hybridized carbons (Fsp3) is 0.833. The zero-order chi connectivity index (χ0) is 29.4. The molecule has 0 amide bonds. The zero-order valence-corrected chi connectivity index (χ0v) is 26.7. The number of allylic oxidation sites excluding steroid dienone is 4. The lowest BCUT2D eigenvalue weighted by Crippen LogP contribution is -2.18. The molecule has 0 fully saturated rings. The van der Waals surface area contributed by atoms with Gasteiger partial charge in [-0.1, -0.05) is 128 Å². The maximum Gasteiger partial charge on any atom is 0.306 e. The third kappa shape index (κ3) is 31.0. The Balaban J connectivity index is 3.85. The van der Waals surface area contributed by atoms with Crippen molar-refractivity contribution in [2.75, 3.05) is 0 Å². The molecule has 0 spiro atoms. The predicted octanol–water partition coefficient (Wildman–Crippen LogP) is 11.7. The van der Waals surface area contributed by atoms with Gasteiger partial charge in [0, 0.05) is 12.8 Å². The van der Waals surface area contributed by atoms with Crippen molar-refractivity contribution in [2.45, 2.75) is 193 Å². The molecule has 0 aromatic carbocycles. The number of esters is 1. The molecule has 0 aliphatic heterocycles. The normalized spacial score (nSPS) is 12.4. The summed E-state index contributed by atoms with van der Waals surface area (Å²) in [6.07, 6.45) is 39.0. The first kappa shape index (κ1) is 38.4. The van der Waals surface area contributed by atoms with Gasteiger partial charge in [-0.05, 0) is 70.6 Å². The predicted molar refractivity (Wildman–Crippen MR) is 172 cm³/mol. The molecular formula is C36H66O4. The Labute approximate surface area is 248 Å². The third-order valence-electron chi connectivity index (χ3n) is 7.68. The molecule has 1 atom stereocenters. The molecule has 0 radical (unpaired) electrons. The van der Waals surface area contributed by atoms with Crippen LogP contribution >= 0.6 is 0 Å². The van der Waals surface area contributed by atoms with Crippen molar-refractivity contribution in [1.82, 2.24) is 0 Å². The van der Waals surface area contributed by atoms with Gasteiger partial charge in [0.05, 0.1) is 0 Å². The summed E-state index contributed by atoms with van der Waals surface area (Å²) < 4.78 is 5.85. The summed E-state index contributed by atoms with van der Waals surface area (Å²) >= 11 is 0. The number of carboxylic acid groups (broad SMARTS) is 1. The van der Waals surface area contributed by atoms with Gasteiger partial charge in [-0.25, -0.2) is 0 Å². The zero-order valence-electron chi connectivity index (χ0n) is 26.7. The summed E-state index contributed by atoms with van der Waals surface area (Å²) in [4.78, 5) is 23.3. The molecule has 0 aromatic rings. The van der Waals surface area contributed by atoms with E-state index in [1.165, 1.54) is 109 Å². The highest BCUT2D eigenvalue weighted by molar-refractivity contribution is 5.69. The van der Waals surface area contributed by atoms with E-state index in [9.17, 15) is 9.59 Å². The number of carbonyl (C=O) groups excluding carboxylic acids is 1. The van der Waals surface area contributed by atoms with Gasteiger partial charge >= 0.3 is 11.9 Å². The summed E-state index contributed by atoms with van der Waals surface area (Å²) in [5.74, 6) is -0.810. The number of carbonyl (C=O) groups is 2. The van der Waals surface area contributed by atoms with E-state index in [-0.39, 0.29) is 18.5 Å². The smallest absolute Gasteiger partial charge is 0.306 e. The third-order valence-corrected chi connectivity index (χ3v) is 7.68. The van der Waals surface area contributed by atoms with Crippen molar-refractivity contribution in [3.05, 3.63) is 24.3 Å². The molecule has 0 heterocycles. The molecule has 1 N–H and O–H groups in total. The van der Waals surface area contributed by atoms with Gasteiger partial charge in [0.1, 0.15) is 6.10 Å². The van der Waals surface area contributed by atoms with Crippen LogP contribution in [0.5, 0.6) is 0 Å². The van der Waals surface area contributed by atoms with Crippen LogP contribution in [0, 0.1) is 0 Å². The van der Waals surface area contributed by atoms with Gasteiger partial charge in [0.15, 0.2) is 0 Å². The standard InChI is InChI=1S/C36H66O4/c1-3-5-7-9-11-13-14-15-16-17-18-19-20-21-23-25-27-33-36(39)40-34(31-28-29-32-35(37)38)30-26-24-22-12-10-8-6-4-2/h11,13,15-16,34H,3-10,12,14,17-33H2,1-2H3,(H,37,38)/b13-11-,16-15-. The van der Waals surface area contributed by atoms with E-state index < -0.39 is 5.97 Å². The van der Waals surface area contributed by atoms with Crippen LogP contribution in [-0.4, -0.2) is 23.1 Å². The molecule has 0 aliphatic carbocycles. The van der Waals surface area contributed by atoms with Gasteiger partial charge in [0.25, 0.3) is 0 Å². The number of hydrogen-bond donors (Lipinski definition) is 1. The van der Waals surface area contributed by atoms with Crippen molar-refractivity contribution in [3.63, 3.8) is 0 Å². The van der Waals surface area contributed by atoms with Crippen LogP contribution in [0.3, 0.4) is 0 Å². The second-order valence-electron chi connectivity index (χ2n) is 11.7. The number of unbranched alkanes of at least 4 members (excludes halogenated alkanes) is 18. The fourth-order valence-corrected chi connectivity index (χ4v) is 5.10. The average Bonchev–Trinajstić information content (AvgIpc) is 2.93. The first-order valence-electron chi connectivity index (χ1n) is 17.3. The van der Waals surface area contributed by atoms with E-state index in [0.717, 1.165) is 44.9 Å². The molecule has 234 valence electrons. The Hall–Kier alpha value is -1.58. The van der Waals surface area contributed by atoms with Crippen LogP contribution < -0.4 is 0 Å². The average molecular weight is 563 g/mol. The van der Waals surface area contributed by atoms with E-state index >= 15 is 0 Å². The summed E-state index contributed by atoms with van der Waals surface area (Å²) in [6, 6.07) is 0. The van der Waals surface area contributed by atoms with Crippen molar-refractivity contribution < 1.29 is 19.4 Å². The first-order chi connectivity index (χ1) is 19.6. The number of hydrogen-bond acceptors (Lipinski definition) is 3. The van der Waals surface area contributed by atoms with Gasteiger partial charge in [-0.3, -0.25) is 9.59 Å². The van der Waals surface area contributed by atoms with E-state index in [1.54, 1.807) is 0 Å². The summed E-state index contributed by atoms with van der Waals surface area (Å²) in [5.41, 5.74) is 0. The van der Waals surface area contributed by atoms with Crippen molar-refractivity contribution in [3.8, 4) is 0 Å². The minimum atomic E-state index is -0.745. The molecule has 1 unspecified atom stereocenters.